The Morgan fingerprint density at radius 3 is 2.70 bits per heavy atom. The van der Waals surface area contributed by atoms with Gasteiger partial charge in [-0.3, -0.25) is 9.59 Å². The summed E-state index contributed by atoms with van der Waals surface area (Å²) in [5, 5.41) is 9.15. The third kappa shape index (κ3) is 3.44. The number of hydrogen-bond acceptors (Lipinski definition) is 3. The number of rotatable bonds is 4. The fourth-order valence-electron chi connectivity index (χ4n) is 4.46. The van der Waals surface area contributed by atoms with Gasteiger partial charge >= 0.3 is 0 Å². The average Bonchev–Trinajstić information content (AvgIpc) is 3.26. The summed E-state index contributed by atoms with van der Waals surface area (Å²) >= 11 is 0. The summed E-state index contributed by atoms with van der Waals surface area (Å²) in [5.74, 6) is 0.529. The number of H-pyrrole nitrogens is 1. The number of aliphatic hydroxyl groups is 1. The van der Waals surface area contributed by atoms with Crippen LogP contribution in [-0.2, 0) is 19.4 Å². The van der Waals surface area contributed by atoms with Gasteiger partial charge in [-0.15, -0.1) is 0 Å². The predicted molar refractivity (Wildman–Crippen MR) is 103 cm³/mol. The average molecular weight is 366 g/mol. The van der Waals surface area contributed by atoms with Crippen molar-refractivity contribution >= 4 is 11.7 Å². The molecule has 2 N–H and O–H groups in total. The molecule has 0 saturated carbocycles. The number of aryl methyl sites for hydroxylation is 2. The number of ketones is 1. The molecule has 0 radical (unpaired) electrons. The van der Waals surface area contributed by atoms with Crippen LogP contribution in [0.2, 0.25) is 0 Å². The van der Waals surface area contributed by atoms with E-state index >= 15 is 0 Å². The highest BCUT2D eigenvalue weighted by atomic mass is 16.3. The van der Waals surface area contributed by atoms with E-state index in [1.54, 1.807) is 0 Å². The van der Waals surface area contributed by atoms with Crippen LogP contribution in [0.5, 0.6) is 0 Å². The fraction of sp³-hybridized carbons (Fsp3) is 0.455. The number of carbonyl (C=O) groups is 2. The summed E-state index contributed by atoms with van der Waals surface area (Å²) in [6.45, 7) is 3.43. The lowest BCUT2D eigenvalue weighted by atomic mass is 9.92. The van der Waals surface area contributed by atoms with Crippen LogP contribution >= 0.6 is 0 Å². The number of carbonyl (C=O) groups excluding carboxylic acids is 2. The van der Waals surface area contributed by atoms with E-state index in [1.807, 2.05) is 24.0 Å². The van der Waals surface area contributed by atoms with E-state index in [4.69, 9.17) is 5.11 Å². The molecule has 1 fully saturated rings. The number of amides is 1. The Hall–Kier alpha value is -2.40. The van der Waals surface area contributed by atoms with Crippen LogP contribution in [0.4, 0.5) is 0 Å². The minimum atomic E-state index is -0.00150. The van der Waals surface area contributed by atoms with Gasteiger partial charge in [0, 0.05) is 30.9 Å². The first-order valence-electron chi connectivity index (χ1n) is 9.79. The number of aromatic nitrogens is 1. The maximum atomic E-state index is 13.2. The minimum absolute atomic E-state index is 0.00150. The van der Waals surface area contributed by atoms with Crippen molar-refractivity contribution in [3.05, 3.63) is 57.9 Å². The number of fused-ring (bicyclic) bond motifs is 1. The van der Waals surface area contributed by atoms with Gasteiger partial charge in [-0.05, 0) is 49.7 Å². The summed E-state index contributed by atoms with van der Waals surface area (Å²) in [7, 11) is 0. The number of hydrogen-bond donors (Lipinski definition) is 2. The van der Waals surface area contributed by atoms with Crippen molar-refractivity contribution in [3.8, 4) is 0 Å². The van der Waals surface area contributed by atoms with E-state index in [9.17, 15) is 9.59 Å². The molecule has 1 aliphatic carbocycles. The van der Waals surface area contributed by atoms with Gasteiger partial charge in [0.05, 0.1) is 17.7 Å². The molecule has 1 aromatic carbocycles. The first-order valence-corrected chi connectivity index (χ1v) is 9.79. The SMILES string of the molecule is Cc1[nH]c2c(c1C(=O)N1CC[C@H](Cc3ccc(CO)cc3)C1)C(=O)CCC2. The van der Waals surface area contributed by atoms with Crippen molar-refractivity contribution in [2.24, 2.45) is 5.92 Å². The number of aliphatic hydroxyl groups excluding tert-OH is 1. The van der Waals surface area contributed by atoms with Crippen LogP contribution < -0.4 is 0 Å². The lowest BCUT2D eigenvalue weighted by Gasteiger charge is -2.19. The Labute approximate surface area is 159 Å². The van der Waals surface area contributed by atoms with Crippen LogP contribution in [0.15, 0.2) is 24.3 Å². The van der Waals surface area contributed by atoms with E-state index in [2.05, 4.69) is 17.1 Å². The van der Waals surface area contributed by atoms with E-state index in [0.717, 1.165) is 55.7 Å². The number of nitrogens with one attached hydrogen (secondary N) is 1. The number of Topliss-reactive ketones (excluding diaryl/α,β-unsaturated/α-hetero) is 1. The second-order valence-corrected chi connectivity index (χ2v) is 7.84. The topological polar surface area (TPSA) is 73.4 Å². The molecular formula is C22H26N2O3. The predicted octanol–water partition coefficient (Wildman–Crippen LogP) is 3.04. The molecule has 1 saturated heterocycles. The van der Waals surface area contributed by atoms with Crippen LogP contribution in [0.25, 0.3) is 0 Å². The maximum absolute atomic E-state index is 13.2. The van der Waals surface area contributed by atoms with Crippen LogP contribution in [-0.4, -0.2) is 39.8 Å². The van der Waals surface area contributed by atoms with Gasteiger partial charge in [0.25, 0.3) is 5.91 Å². The molecule has 1 aromatic heterocycles. The van der Waals surface area contributed by atoms with Crippen molar-refractivity contribution in [2.75, 3.05) is 13.1 Å². The van der Waals surface area contributed by atoms with Gasteiger partial charge in [0.15, 0.2) is 5.78 Å². The normalized spacial score (nSPS) is 19.4. The molecule has 1 aliphatic heterocycles. The standard InChI is InChI=1S/C22H26N2O3/c1-14-20(21-18(23-14)3-2-4-19(21)26)22(27)24-10-9-17(12-24)11-15-5-7-16(13-25)8-6-15/h5-8,17,23,25H,2-4,9-13H2,1H3/t17-/m1/s1. The summed E-state index contributed by atoms with van der Waals surface area (Å²) in [4.78, 5) is 30.7. The summed E-state index contributed by atoms with van der Waals surface area (Å²) in [6, 6.07) is 8.02. The minimum Gasteiger partial charge on any atom is -0.392 e. The lowest BCUT2D eigenvalue weighted by Crippen LogP contribution is -2.30. The molecule has 0 spiro atoms. The summed E-state index contributed by atoms with van der Waals surface area (Å²) < 4.78 is 0. The van der Waals surface area contributed by atoms with Gasteiger partial charge < -0.3 is 15.0 Å². The van der Waals surface area contributed by atoms with Crippen molar-refractivity contribution in [3.63, 3.8) is 0 Å². The zero-order chi connectivity index (χ0) is 19.0. The second-order valence-electron chi connectivity index (χ2n) is 7.84. The lowest BCUT2D eigenvalue weighted by molar-refractivity contribution is 0.0780. The smallest absolute Gasteiger partial charge is 0.256 e. The molecular weight excluding hydrogens is 340 g/mol. The molecule has 1 amide bonds. The second kappa shape index (κ2) is 7.31. The number of likely N-dealkylation sites (tertiary alicyclic amines) is 1. The molecule has 2 aromatic rings. The molecule has 5 nitrogen and oxygen atoms in total. The highest BCUT2D eigenvalue weighted by Crippen LogP contribution is 2.30. The van der Waals surface area contributed by atoms with Crippen molar-refractivity contribution < 1.29 is 14.7 Å². The zero-order valence-electron chi connectivity index (χ0n) is 15.8. The highest BCUT2D eigenvalue weighted by molar-refractivity contribution is 6.10. The molecule has 27 heavy (non-hydrogen) atoms. The number of nitrogens with zero attached hydrogens (tertiary/aromatic N) is 1. The fourth-order valence-corrected chi connectivity index (χ4v) is 4.46. The Kier molecular flexibility index (Phi) is 4.87. The molecule has 0 unspecified atom stereocenters. The third-order valence-electron chi connectivity index (χ3n) is 5.89. The molecule has 2 aliphatic rings. The summed E-state index contributed by atoms with van der Waals surface area (Å²) in [6.07, 6.45) is 4.16. The van der Waals surface area contributed by atoms with Gasteiger partial charge in [-0.2, -0.15) is 0 Å². The van der Waals surface area contributed by atoms with E-state index < -0.39 is 0 Å². The van der Waals surface area contributed by atoms with Crippen LogP contribution in [0, 0.1) is 12.8 Å². The van der Waals surface area contributed by atoms with E-state index in [1.165, 1.54) is 5.56 Å². The molecule has 1 atom stereocenters. The monoisotopic (exact) mass is 366 g/mol. The largest absolute Gasteiger partial charge is 0.392 e. The van der Waals surface area contributed by atoms with E-state index in [-0.39, 0.29) is 18.3 Å². The van der Waals surface area contributed by atoms with Crippen molar-refractivity contribution in [1.82, 2.24) is 9.88 Å². The Balaban J connectivity index is 1.47. The molecule has 4 rings (SSSR count). The van der Waals surface area contributed by atoms with Crippen LogP contribution in [0.1, 0.15) is 62.5 Å². The molecule has 2 heterocycles. The van der Waals surface area contributed by atoms with Gasteiger partial charge in [-0.25, -0.2) is 0 Å². The maximum Gasteiger partial charge on any atom is 0.256 e. The highest BCUT2D eigenvalue weighted by Gasteiger charge is 2.33. The van der Waals surface area contributed by atoms with Crippen molar-refractivity contribution in [1.29, 1.82) is 0 Å². The Morgan fingerprint density at radius 2 is 1.96 bits per heavy atom. The van der Waals surface area contributed by atoms with Gasteiger partial charge in [0.2, 0.25) is 0 Å². The summed E-state index contributed by atoms with van der Waals surface area (Å²) in [5.41, 5.74) is 5.15. The molecule has 0 bridgehead atoms. The van der Waals surface area contributed by atoms with Crippen molar-refractivity contribution in [2.45, 2.75) is 45.6 Å². The third-order valence-corrected chi connectivity index (χ3v) is 5.89. The zero-order valence-corrected chi connectivity index (χ0v) is 15.8. The molecule has 142 valence electrons. The van der Waals surface area contributed by atoms with Gasteiger partial charge in [-0.1, -0.05) is 24.3 Å². The number of aromatic amines is 1. The van der Waals surface area contributed by atoms with Gasteiger partial charge in [0.1, 0.15) is 0 Å². The molecule has 5 heteroatoms. The quantitative estimate of drug-likeness (QED) is 0.873. The number of benzene rings is 1. The van der Waals surface area contributed by atoms with Crippen LogP contribution in [0.3, 0.4) is 0 Å². The Morgan fingerprint density at radius 1 is 1.22 bits per heavy atom. The first-order chi connectivity index (χ1) is 13.1. The van der Waals surface area contributed by atoms with E-state index in [0.29, 0.717) is 23.5 Å². The first kappa shape index (κ1) is 18.0. The Bertz CT molecular complexity index is 866.